The Kier molecular flexibility index (Phi) is 3.15. The number of fused-ring (bicyclic) bond motifs is 1. The maximum Gasteiger partial charge on any atom is 0.237 e. The van der Waals surface area contributed by atoms with Gasteiger partial charge in [-0.15, -0.1) is 0 Å². The van der Waals surface area contributed by atoms with E-state index in [9.17, 15) is 5.26 Å². The van der Waals surface area contributed by atoms with Crippen LogP contribution in [-0.4, -0.2) is 4.98 Å². The molecule has 20 heavy (non-hydrogen) atoms. The van der Waals surface area contributed by atoms with E-state index in [2.05, 4.69) is 17.1 Å². The Hall–Kier alpha value is -2.34. The molecule has 1 aliphatic rings. The van der Waals surface area contributed by atoms with Crippen LogP contribution in [0, 0.1) is 25.2 Å². The molecular formula is C17H16N2O. The fraction of sp³-hybridized carbons (Fsp3) is 0.294. The topological polar surface area (TPSA) is 45.9 Å². The van der Waals surface area contributed by atoms with Gasteiger partial charge in [-0.25, -0.2) is 4.98 Å². The second kappa shape index (κ2) is 4.97. The highest BCUT2D eigenvalue weighted by molar-refractivity contribution is 5.47. The summed E-state index contributed by atoms with van der Waals surface area (Å²) in [6.07, 6.45) is 3.10. The molecule has 1 aliphatic carbocycles. The van der Waals surface area contributed by atoms with Crippen LogP contribution < -0.4 is 4.74 Å². The Labute approximate surface area is 118 Å². The van der Waals surface area contributed by atoms with E-state index < -0.39 is 0 Å². The zero-order valence-electron chi connectivity index (χ0n) is 11.7. The molecule has 0 N–H and O–H groups in total. The average Bonchev–Trinajstić information content (AvgIpc) is 2.88. The smallest absolute Gasteiger partial charge is 0.237 e. The third-order valence-electron chi connectivity index (χ3n) is 3.67. The number of rotatable bonds is 2. The van der Waals surface area contributed by atoms with Gasteiger partial charge in [-0.1, -0.05) is 17.7 Å². The second-order valence-electron chi connectivity index (χ2n) is 5.28. The Morgan fingerprint density at radius 1 is 1.20 bits per heavy atom. The summed E-state index contributed by atoms with van der Waals surface area (Å²) in [5.41, 5.74) is 5.03. The molecule has 0 amide bonds. The third-order valence-corrected chi connectivity index (χ3v) is 3.67. The van der Waals surface area contributed by atoms with Crippen LogP contribution in [-0.2, 0) is 12.8 Å². The molecule has 0 saturated carbocycles. The van der Waals surface area contributed by atoms with Crippen molar-refractivity contribution in [2.45, 2.75) is 33.1 Å². The van der Waals surface area contributed by atoms with E-state index in [1.54, 1.807) is 0 Å². The molecule has 3 rings (SSSR count). The molecule has 1 heterocycles. The normalized spacial score (nSPS) is 12.8. The molecule has 100 valence electrons. The first kappa shape index (κ1) is 12.7. The summed E-state index contributed by atoms with van der Waals surface area (Å²) in [5, 5.41) is 9.27. The Morgan fingerprint density at radius 2 is 2.05 bits per heavy atom. The quantitative estimate of drug-likeness (QED) is 0.827. The zero-order valence-corrected chi connectivity index (χ0v) is 11.7. The van der Waals surface area contributed by atoms with Gasteiger partial charge in [-0.2, -0.15) is 5.26 Å². The van der Waals surface area contributed by atoms with Crippen LogP contribution in [0.1, 0.15) is 34.4 Å². The standard InChI is InChI=1S/C17H16N2O/c1-11-6-7-16(12(2)8-11)20-17-14(10-18)9-13-4-3-5-15(13)19-17/h6-9H,3-5H2,1-2H3. The van der Waals surface area contributed by atoms with Crippen molar-refractivity contribution in [1.29, 1.82) is 5.26 Å². The lowest BCUT2D eigenvalue weighted by Crippen LogP contribution is -1.98. The van der Waals surface area contributed by atoms with E-state index in [4.69, 9.17) is 4.74 Å². The van der Waals surface area contributed by atoms with E-state index in [1.165, 1.54) is 11.1 Å². The third kappa shape index (κ3) is 2.25. The highest BCUT2D eigenvalue weighted by Crippen LogP contribution is 2.30. The average molecular weight is 264 g/mol. The predicted molar refractivity (Wildman–Crippen MR) is 77.0 cm³/mol. The number of nitrogens with zero attached hydrogens (tertiary/aromatic N) is 2. The lowest BCUT2D eigenvalue weighted by Gasteiger charge is -2.11. The molecule has 2 aromatic rings. The van der Waals surface area contributed by atoms with Gasteiger partial charge in [0.05, 0.1) is 0 Å². The maximum atomic E-state index is 9.27. The Balaban J connectivity index is 2.00. The van der Waals surface area contributed by atoms with Gasteiger partial charge in [0.2, 0.25) is 5.88 Å². The van der Waals surface area contributed by atoms with Gasteiger partial charge in [0.25, 0.3) is 0 Å². The van der Waals surface area contributed by atoms with E-state index in [1.807, 2.05) is 32.0 Å². The lowest BCUT2D eigenvalue weighted by atomic mass is 10.1. The number of aromatic nitrogens is 1. The first-order valence-electron chi connectivity index (χ1n) is 6.85. The van der Waals surface area contributed by atoms with Gasteiger partial charge in [-0.05, 0) is 56.4 Å². The number of hydrogen-bond acceptors (Lipinski definition) is 3. The summed E-state index contributed by atoms with van der Waals surface area (Å²) < 4.78 is 5.88. The van der Waals surface area contributed by atoms with Crippen LogP contribution in [0.15, 0.2) is 24.3 Å². The predicted octanol–water partition coefficient (Wildman–Crippen LogP) is 3.85. The molecule has 0 saturated heterocycles. The van der Waals surface area contributed by atoms with Crippen molar-refractivity contribution >= 4 is 0 Å². The number of pyridine rings is 1. The summed E-state index contributed by atoms with van der Waals surface area (Å²) >= 11 is 0. The van der Waals surface area contributed by atoms with Crippen molar-refractivity contribution < 1.29 is 4.74 Å². The van der Waals surface area contributed by atoms with Crippen molar-refractivity contribution in [3.05, 3.63) is 52.2 Å². The highest BCUT2D eigenvalue weighted by Gasteiger charge is 2.18. The van der Waals surface area contributed by atoms with Crippen molar-refractivity contribution in [3.63, 3.8) is 0 Å². The molecule has 0 atom stereocenters. The number of hydrogen-bond donors (Lipinski definition) is 0. The fourth-order valence-electron chi connectivity index (χ4n) is 2.63. The zero-order chi connectivity index (χ0) is 14.1. The van der Waals surface area contributed by atoms with E-state index in [-0.39, 0.29) is 0 Å². The summed E-state index contributed by atoms with van der Waals surface area (Å²) in [7, 11) is 0. The number of ether oxygens (including phenoxy) is 1. The van der Waals surface area contributed by atoms with Crippen LogP contribution in [0.25, 0.3) is 0 Å². The van der Waals surface area contributed by atoms with Crippen molar-refractivity contribution in [1.82, 2.24) is 4.98 Å². The summed E-state index contributed by atoms with van der Waals surface area (Å²) in [6.45, 7) is 4.05. The minimum absolute atomic E-state index is 0.431. The van der Waals surface area contributed by atoms with Crippen molar-refractivity contribution in [2.75, 3.05) is 0 Å². The van der Waals surface area contributed by atoms with E-state index in [0.717, 1.165) is 36.3 Å². The monoisotopic (exact) mass is 264 g/mol. The maximum absolute atomic E-state index is 9.27. The van der Waals surface area contributed by atoms with Gasteiger partial charge in [0.15, 0.2) is 0 Å². The van der Waals surface area contributed by atoms with Gasteiger partial charge < -0.3 is 4.74 Å². The van der Waals surface area contributed by atoms with Crippen LogP contribution in [0.4, 0.5) is 0 Å². The molecule has 0 fully saturated rings. The Morgan fingerprint density at radius 3 is 2.80 bits per heavy atom. The van der Waals surface area contributed by atoms with Gasteiger partial charge >= 0.3 is 0 Å². The van der Waals surface area contributed by atoms with E-state index >= 15 is 0 Å². The fourth-order valence-corrected chi connectivity index (χ4v) is 2.63. The first-order chi connectivity index (χ1) is 9.67. The minimum Gasteiger partial charge on any atom is -0.437 e. The van der Waals surface area contributed by atoms with E-state index in [0.29, 0.717) is 11.4 Å². The second-order valence-corrected chi connectivity index (χ2v) is 5.28. The largest absolute Gasteiger partial charge is 0.437 e. The Bertz CT molecular complexity index is 714. The van der Waals surface area contributed by atoms with Gasteiger partial charge in [0, 0.05) is 5.69 Å². The van der Waals surface area contributed by atoms with Crippen LogP contribution >= 0.6 is 0 Å². The summed E-state index contributed by atoms with van der Waals surface area (Å²) in [5.74, 6) is 1.19. The molecule has 0 bridgehead atoms. The SMILES string of the molecule is Cc1ccc(Oc2nc3c(cc2C#N)CCC3)c(C)c1. The number of nitriles is 1. The molecule has 3 nitrogen and oxygen atoms in total. The number of benzene rings is 1. The number of aryl methyl sites for hydroxylation is 4. The first-order valence-corrected chi connectivity index (χ1v) is 6.85. The molecule has 0 radical (unpaired) electrons. The molecule has 0 aliphatic heterocycles. The molecule has 1 aromatic heterocycles. The summed E-state index contributed by atoms with van der Waals surface area (Å²) in [6, 6.07) is 10.1. The highest BCUT2D eigenvalue weighted by atomic mass is 16.5. The van der Waals surface area contributed by atoms with Crippen molar-refractivity contribution in [2.24, 2.45) is 0 Å². The van der Waals surface area contributed by atoms with Crippen LogP contribution in [0.5, 0.6) is 11.6 Å². The molecule has 0 unspecified atom stereocenters. The minimum atomic E-state index is 0.431. The van der Waals surface area contributed by atoms with Crippen molar-refractivity contribution in [3.8, 4) is 17.7 Å². The lowest BCUT2D eigenvalue weighted by molar-refractivity contribution is 0.456. The summed E-state index contributed by atoms with van der Waals surface area (Å²) in [4.78, 5) is 4.54. The van der Waals surface area contributed by atoms with Gasteiger partial charge in [-0.3, -0.25) is 0 Å². The van der Waals surface area contributed by atoms with Gasteiger partial charge in [0.1, 0.15) is 17.4 Å². The molecule has 3 heteroatoms. The molecular weight excluding hydrogens is 248 g/mol. The molecule has 1 aromatic carbocycles. The molecule has 0 spiro atoms. The van der Waals surface area contributed by atoms with Crippen LogP contribution in [0.3, 0.4) is 0 Å². The van der Waals surface area contributed by atoms with Crippen LogP contribution in [0.2, 0.25) is 0 Å².